The van der Waals surface area contributed by atoms with Gasteiger partial charge in [-0.2, -0.15) is 0 Å². The molecule has 0 aromatic heterocycles. The summed E-state index contributed by atoms with van der Waals surface area (Å²) >= 11 is 1.89. The number of rotatable bonds is 1. The van der Waals surface area contributed by atoms with E-state index >= 15 is 0 Å². The van der Waals surface area contributed by atoms with Crippen LogP contribution in [0.2, 0.25) is 0 Å². The molecular formula is C16H22N2S. The van der Waals surface area contributed by atoms with Crippen molar-refractivity contribution < 1.29 is 0 Å². The highest BCUT2D eigenvalue weighted by Gasteiger charge is 2.36. The van der Waals surface area contributed by atoms with E-state index in [2.05, 4.69) is 37.4 Å². The van der Waals surface area contributed by atoms with Crippen molar-refractivity contribution in [1.82, 2.24) is 0 Å². The summed E-state index contributed by atoms with van der Waals surface area (Å²) in [5.74, 6) is 1.17. The number of thioether (sulfide) groups is 1. The van der Waals surface area contributed by atoms with Crippen molar-refractivity contribution in [2.75, 3.05) is 11.1 Å². The van der Waals surface area contributed by atoms with E-state index in [0.717, 1.165) is 5.17 Å². The molecule has 1 heterocycles. The second-order valence-corrected chi connectivity index (χ2v) is 6.96. The van der Waals surface area contributed by atoms with Gasteiger partial charge in [0.1, 0.15) is 0 Å². The number of aryl methyl sites for hydroxylation is 2. The summed E-state index contributed by atoms with van der Waals surface area (Å²) in [5, 5.41) is 4.62. The molecule has 1 aromatic carbocycles. The molecule has 1 aromatic rings. The highest BCUT2D eigenvalue weighted by molar-refractivity contribution is 8.14. The second kappa shape index (κ2) is 5.20. The van der Waals surface area contributed by atoms with Crippen molar-refractivity contribution in [3.63, 3.8) is 0 Å². The van der Waals surface area contributed by atoms with Gasteiger partial charge in [-0.05, 0) is 49.9 Å². The van der Waals surface area contributed by atoms with Crippen LogP contribution in [0.5, 0.6) is 0 Å². The molecule has 1 spiro atoms. The van der Waals surface area contributed by atoms with Gasteiger partial charge in [-0.1, -0.05) is 37.1 Å². The Labute approximate surface area is 120 Å². The quantitative estimate of drug-likeness (QED) is 0.814. The number of hydrogen-bond acceptors (Lipinski definition) is 3. The summed E-state index contributed by atoms with van der Waals surface area (Å²) < 4.78 is 0. The number of nitrogens with zero attached hydrogens (tertiary/aromatic N) is 1. The van der Waals surface area contributed by atoms with E-state index in [9.17, 15) is 0 Å². The van der Waals surface area contributed by atoms with Gasteiger partial charge in [0.25, 0.3) is 0 Å². The Bertz CT molecular complexity index is 481. The Kier molecular flexibility index (Phi) is 3.57. The maximum absolute atomic E-state index is 5.00. The lowest BCUT2D eigenvalue weighted by Gasteiger charge is -2.29. The van der Waals surface area contributed by atoms with Crippen LogP contribution in [-0.4, -0.2) is 16.5 Å². The standard InChI is InChI=1S/C16H22N2S/c1-12-8-13(2)10-14(9-12)17-15-18-16(11-19-15)6-4-3-5-7-16/h8-10H,3-7,11H2,1-2H3,(H,17,18). The summed E-state index contributed by atoms with van der Waals surface area (Å²) in [6.07, 6.45) is 6.64. The fourth-order valence-electron chi connectivity index (χ4n) is 3.18. The minimum atomic E-state index is 0.254. The van der Waals surface area contributed by atoms with E-state index in [4.69, 9.17) is 4.99 Å². The smallest absolute Gasteiger partial charge is 0.161 e. The fraction of sp³-hybridized carbons (Fsp3) is 0.562. The largest absolute Gasteiger partial charge is 0.335 e. The zero-order valence-electron chi connectivity index (χ0n) is 11.8. The molecule has 3 heteroatoms. The molecule has 102 valence electrons. The minimum Gasteiger partial charge on any atom is -0.335 e. The van der Waals surface area contributed by atoms with Gasteiger partial charge < -0.3 is 5.32 Å². The van der Waals surface area contributed by atoms with E-state index < -0.39 is 0 Å². The Balaban J connectivity index is 1.75. The molecule has 1 aliphatic heterocycles. The van der Waals surface area contributed by atoms with Crippen LogP contribution in [0, 0.1) is 13.8 Å². The van der Waals surface area contributed by atoms with Crippen LogP contribution in [0.3, 0.4) is 0 Å². The molecule has 3 rings (SSSR count). The predicted molar refractivity (Wildman–Crippen MR) is 85.2 cm³/mol. The maximum atomic E-state index is 5.00. The van der Waals surface area contributed by atoms with Gasteiger partial charge in [0.15, 0.2) is 5.17 Å². The van der Waals surface area contributed by atoms with Crippen molar-refractivity contribution in [2.24, 2.45) is 4.99 Å². The highest BCUT2D eigenvalue weighted by Crippen LogP contribution is 2.39. The summed E-state index contributed by atoms with van der Waals surface area (Å²) in [7, 11) is 0. The summed E-state index contributed by atoms with van der Waals surface area (Å²) in [5.41, 5.74) is 4.04. The van der Waals surface area contributed by atoms with Crippen LogP contribution >= 0.6 is 11.8 Å². The molecule has 0 radical (unpaired) electrons. The van der Waals surface area contributed by atoms with Crippen LogP contribution in [0.25, 0.3) is 0 Å². The maximum Gasteiger partial charge on any atom is 0.161 e. The highest BCUT2D eigenvalue weighted by atomic mass is 32.2. The third-order valence-corrected chi connectivity index (χ3v) is 5.22. The van der Waals surface area contributed by atoms with E-state index in [1.54, 1.807) is 0 Å². The zero-order valence-corrected chi connectivity index (χ0v) is 12.6. The van der Waals surface area contributed by atoms with Gasteiger partial charge >= 0.3 is 0 Å². The Morgan fingerprint density at radius 1 is 1.05 bits per heavy atom. The fourth-order valence-corrected chi connectivity index (χ4v) is 4.39. The van der Waals surface area contributed by atoms with Crippen molar-refractivity contribution in [3.05, 3.63) is 29.3 Å². The molecule has 1 saturated carbocycles. The Morgan fingerprint density at radius 2 is 1.74 bits per heavy atom. The molecule has 1 fully saturated rings. The Morgan fingerprint density at radius 3 is 2.42 bits per heavy atom. The molecule has 0 saturated heterocycles. The average molecular weight is 274 g/mol. The molecule has 1 N–H and O–H groups in total. The van der Waals surface area contributed by atoms with Crippen LogP contribution in [0.1, 0.15) is 43.2 Å². The summed E-state index contributed by atoms with van der Waals surface area (Å²) in [6, 6.07) is 6.60. The monoisotopic (exact) mass is 274 g/mol. The molecule has 0 bridgehead atoms. The number of nitrogens with one attached hydrogen (secondary N) is 1. The summed E-state index contributed by atoms with van der Waals surface area (Å²) in [4.78, 5) is 5.00. The van der Waals surface area contributed by atoms with E-state index in [1.165, 1.54) is 54.7 Å². The third-order valence-electron chi connectivity index (χ3n) is 4.07. The van der Waals surface area contributed by atoms with Crippen molar-refractivity contribution in [1.29, 1.82) is 0 Å². The lowest BCUT2D eigenvalue weighted by molar-refractivity contribution is 0.335. The van der Waals surface area contributed by atoms with Crippen LogP contribution in [0.15, 0.2) is 23.2 Å². The van der Waals surface area contributed by atoms with Crippen LogP contribution in [0.4, 0.5) is 5.69 Å². The lowest BCUT2D eigenvalue weighted by atomic mass is 9.84. The van der Waals surface area contributed by atoms with Gasteiger partial charge in [-0.3, -0.25) is 4.99 Å². The van der Waals surface area contributed by atoms with Crippen molar-refractivity contribution >= 4 is 22.6 Å². The van der Waals surface area contributed by atoms with E-state index in [-0.39, 0.29) is 5.54 Å². The average Bonchev–Trinajstić information content (AvgIpc) is 2.71. The summed E-state index contributed by atoms with van der Waals surface area (Å²) in [6.45, 7) is 4.29. The molecular weight excluding hydrogens is 252 g/mol. The number of amidine groups is 1. The molecule has 2 nitrogen and oxygen atoms in total. The third kappa shape index (κ3) is 2.97. The van der Waals surface area contributed by atoms with Crippen molar-refractivity contribution in [2.45, 2.75) is 51.5 Å². The van der Waals surface area contributed by atoms with E-state index in [0.29, 0.717) is 0 Å². The molecule has 2 aliphatic rings. The number of benzene rings is 1. The van der Waals surface area contributed by atoms with Crippen LogP contribution in [-0.2, 0) is 0 Å². The van der Waals surface area contributed by atoms with Gasteiger partial charge in [0.2, 0.25) is 0 Å². The molecule has 19 heavy (non-hydrogen) atoms. The molecule has 0 unspecified atom stereocenters. The first kappa shape index (κ1) is 13.0. The SMILES string of the molecule is Cc1cc(C)cc(NC2=NC3(CCCCC3)CS2)c1. The number of anilines is 1. The first-order valence-electron chi connectivity index (χ1n) is 7.23. The number of hydrogen-bond donors (Lipinski definition) is 1. The number of aliphatic imine (C=N–C) groups is 1. The first-order valence-corrected chi connectivity index (χ1v) is 8.22. The lowest BCUT2D eigenvalue weighted by Crippen LogP contribution is -2.29. The van der Waals surface area contributed by atoms with Gasteiger partial charge in [0, 0.05) is 11.4 Å². The topological polar surface area (TPSA) is 24.4 Å². The minimum absolute atomic E-state index is 0.254. The Hall–Kier alpha value is -0.960. The van der Waals surface area contributed by atoms with Crippen LogP contribution < -0.4 is 5.32 Å². The predicted octanol–water partition coefficient (Wildman–Crippen LogP) is 4.52. The molecule has 1 aliphatic carbocycles. The van der Waals surface area contributed by atoms with Gasteiger partial charge in [-0.25, -0.2) is 0 Å². The zero-order chi connectivity index (χ0) is 13.3. The van der Waals surface area contributed by atoms with Crippen molar-refractivity contribution in [3.8, 4) is 0 Å². The van der Waals surface area contributed by atoms with E-state index in [1.807, 2.05) is 11.8 Å². The molecule has 0 atom stereocenters. The van der Waals surface area contributed by atoms with Gasteiger partial charge in [0.05, 0.1) is 5.54 Å². The normalized spacial score (nSPS) is 21.5. The first-order chi connectivity index (χ1) is 9.15. The van der Waals surface area contributed by atoms with Gasteiger partial charge in [-0.15, -0.1) is 0 Å². The second-order valence-electron chi connectivity index (χ2n) is 5.99. The molecule has 0 amide bonds.